The highest BCUT2D eigenvalue weighted by Crippen LogP contribution is 2.16. The van der Waals surface area contributed by atoms with Gasteiger partial charge in [-0.05, 0) is 55.2 Å². The molecule has 0 saturated heterocycles. The van der Waals surface area contributed by atoms with Crippen molar-refractivity contribution < 1.29 is 18.0 Å². The second-order valence-electron chi connectivity index (χ2n) is 7.33. The van der Waals surface area contributed by atoms with Gasteiger partial charge in [-0.3, -0.25) is 9.59 Å². The maximum absolute atomic E-state index is 12.9. The average Bonchev–Trinajstić information content (AvgIpc) is 2.71. The van der Waals surface area contributed by atoms with E-state index in [-0.39, 0.29) is 10.8 Å². The standard InChI is InChI=1S/C22H29N3O4S2/c1-16-8-10-20(11-9-16)31(28,29)24-21(12-13-30-4)22(27)23-19-7-5-6-18(14-19)15-25(3)17(2)26/h5-11,14,21,24H,12-13,15H2,1-4H3,(H,23,27). The van der Waals surface area contributed by atoms with Crippen molar-refractivity contribution in [3.8, 4) is 0 Å². The zero-order chi connectivity index (χ0) is 23.0. The Kier molecular flexibility index (Phi) is 9.09. The van der Waals surface area contributed by atoms with Crippen molar-refractivity contribution in [1.29, 1.82) is 0 Å². The van der Waals surface area contributed by atoms with E-state index in [0.717, 1.165) is 11.1 Å². The number of carbonyl (C=O) groups excluding carboxylic acids is 2. The summed E-state index contributed by atoms with van der Waals surface area (Å²) in [5.41, 5.74) is 2.35. The third-order valence-corrected chi connectivity index (χ3v) is 6.84. The summed E-state index contributed by atoms with van der Waals surface area (Å²) in [6, 6.07) is 12.7. The molecular weight excluding hydrogens is 434 g/mol. The minimum Gasteiger partial charge on any atom is -0.342 e. The molecule has 0 aromatic heterocycles. The number of aryl methyl sites for hydroxylation is 1. The maximum Gasteiger partial charge on any atom is 0.242 e. The largest absolute Gasteiger partial charge is 0.342 e. The van der Waals surface area contributed by atoms with Gasteiger partial charge in [0.25, 0.3) is 0 Å². The molecule has 0 radical (unpaired) electrons. The molecule has 9 heteroatoms. The highest BCUT2D eigenvalue weighted by molar-refractivity contribution is 7.98. The van der Waals surface area contributed by atoms with Crippen molar-refractivity contribution in [3.05, 3.63) is 59.7 Å². The fourth-order valence-electron chi connectivity index (χ4n) is 2.81. The molecule has 0 aliphatic rings. The number of thioether (sulfide) groups is 1. The van der Waals surface area contributed by atoms with E-state index in [1.54, 1.807) is 42.3 Å². The van der Waals surface area contributed by atoms with Crippen molar-refractivity contribution >= 4 is 39.3 Å². The first-order valence-electron chi connectivity index (χ1n) is 9.82. The Bertz CT molecular complexity index is 1010. The number of carbonyl (C=O) groups is 2. The molecule has 2 aromatic rings. The molecule has 0 bridgehead atoms. The second-order valence-corrected chi connectivity index (χ2v) is 10.0. The lowest BCUT2D eigenvalue weighted by atomic mass is 10.1. The molecule has 1 atom stereocenters. The molecule has 31 heavy (non-hydrogen) atoms. The summed E-state index contributed by atoms with van der Waals surface area (Å²) in [6.07, 6.45) is 2.25. The Morgan fingerprint density at radius 3 is 2.42 bits per heavy atom. The summed E-state index contributed by atoms with van der Waals surface area (Å²) in [6.45, 7) is 3.78. The number of hydrogen-bond donors (Lipinski definition) is 2. The molecule has 0 aliphatic carbocycles. The lowest BCUT2D eigenvalue weighted by molar-refractivity contribution is -0.128. The van der Waals surface area contributed by atoms with Crippen molar-refractivity contribution in [2.75, 3.05) is 24.4 Å². The van der Waals surface area contributed by atoms with Crippen LogP contribution in [0.5, 0.6) is 0 Å². The topological polar surface area (TPSA) is 95.6 Å². The Balaban J connectivity index is 2.16. The Morgan fingerprint density at radius 1 is 1.13 bits per heavy atom. The molecule has 0 heterocycles. The molecule has 1 unspecified atom stereocenters. The smallest absolute Gasteiger partial charge is 0.242 e. The van der Waals surface area contributed by atoms with Gasteiger partial charge in [-0.15, -0.1) is 0 Å². The predicted molar refractivity (Wildman–Crippen MR) is 126 cm³/mol. The van der Waals surface area contributed by atoms with E-state index in [9.17, 15) is 18.0 Å². The molecule has 0 aliphatic heterocycles. The minimum atomic E-state index is -3.84. The van der Waals surface area contributed by atoms with Crippen LogP contribution in [-0.2, 0) is 26.2 Å². The maximum atomic E-state index is 12.9. The van der Waals surface area contributed by atoms with Crippen molar-refractivity contribution in [3.63, 3.8) is 0 Å². The normalized spacial score (nSPS) is 12.3. The number of nitrogens with zero attached hydrogens (tertiary/aromatic N) is 1. The van der Waals surface area contributed by atoms with Crippen LogP contribution < -0.4 is 10.0 Å². The van der Waals surface area contributed by atoms with Gasteiger partial charge in [0.15, 0.2) is 0 Å². The molecule has 0 spiro atoms. The van der Waals surface area contributed by atoms with Crippen molar-refractivity contribution in [2.24, 2.45) is 0 Å². The van der Waals surface area contributed by atoms with Crippen LogP contribution in [0.15, 0.2) is 53.4 Å². The molecule has 0 saturated carbocycles. The van der Waals surface area contributed by atoms with Gasteiger partial charge in [-0.25, -0.2) is 8.42 Å². The van der Waals surface area contributed by atoms with Crippen molar-refractivity contribution in [1.82, 2.24) is 9.62 Å². The number of nitrogens with one attached hydrogen (secondary N) is 2. The molecule has 2 rings (SSSR count). The fourth-order valence-corrected chi connectivity index (χ4v) is 4.52. The predicted octanol–water partition coefficient (Wildman–Crippen LogP) is 3.01. The molecular formula is C22H29N3O4S2. The van der Waals surface area contributed by atoms with E-state index in [2.05, 4.69) is 10.0 Å². The molecule has 2 amide bonds. The van der Waals surface area contributed by atoms with Crippen LogP contribution in [0, 0.1) is 6.92 Å². The van der Waals surface area contributed by atoms with E-state index in [1.807, 2.05) is 19.2 Å². The summed E-state index contributed by atoms with van der Waals surface area (Å²) < 4.78 is 28.1. The van der Waals surface area contributed by atoms with Gasteiger partial charge in [0.05, 0.1) is 4.90 Å². The van der Waals surface area contributed by atoms with Gasteiger partial charge in [-0.2, -0.15) is 16.5 Å². The minimum absolute atomic E-state index is 0.0583. The molecule has 7 nitrogen and oxygen atoms in total. The summed E-state index contributed by atoms with van der Waals surface area (Å²) in [4.78, 5) is 26.1. The summed E-state index contributed by atoms with van der Waals surface area (Å²) in [7, 11) is -2.14. The number of benzene rings is 2. The van der Waals surface area contributed by atoms with Gasteiger partial charge in [0, 0.05) is 26.2 Å². The lowest BCUT2D eigenvalue weighted by Gasteiger charge is -2.19. The van der Waals surface area contributed by atoms with Crippen LogP contribution in [-0.4, -0.2) is 50.2 Å². The van der Waals surface area contributed by atoms with Gasteiger partial charge < -0.3 is 10.2 Å². The first-order valence-corrected chi connectivity index (χ1v) is 12.7. The first-order chi connectivity index (χ1) is 14.6. The highest BCUT2D eigenvalue weighted by Gasteiger charge is 2.25. The summed E-state index contributed by atoms with van der Waals surface area (Å²) >= 11 is 1.54. The quantitative estimate of drug-likeness (QED) is 0.565. The lowest BCUT2D eigenvalue weighted by Crippen LogP contribution is -2.44. The number of rotatable bonds is 10. The monoisotopic (exact) mass is 463 g/mol. The van der Waals surface area contributed by atoms with Crippen LogP contribution >= 0.6 is 11.8 Å². The van der Waals surface area contributed by atoms with E-state index < -0.39 is 22.0 Å². The molecule has 0 fully saturated rings. The van der Waals surface area contributed by atoms with Crippen LogP contribution in [0.1, 0.15) is 24.5 Å². The second kappa shape index (κ2) is 11.3. The zero-order valence-electron chi connectivity index (χ0n) is 18.2. The zero-order valence-corrected chi connectivity index (χ0v) is 19.8. The SMILES string of the molecule is CSCCC(NS(=O)(=O)c1ccc(C)cc1)C(=O)Nc1cccc(CN(C)C(C)=O)c1. The Labute approximate surface area is 188 Å². The number of amides is 2. The Morgan fingerprint density at radius 2 is 1.81 bits per heavy atom. The number of anilines is 1. The van der Waals surface area contributed by atoms with E-state index in [4.69, 9.17) is 0 Å². The van der Waals surface area contributed by atoms with E-state index >= 15 is 0 Å². The van der Waals surface area contributed by atoms with Crippen molar-refractivity contribution in [2.45, 2.75) is 37.8 Å². The van der Waals surface area contributed by atoms with Gasteiger partial charge >= 0.3 is 0 Å². The molecule has 168 valence electrons. The average molecular weight is 464 g/mol. The first kappa shape index (κ1) is 24.9. The summed E-state index contributed by atoms with van der Waals surface area (Å²) in [5.74, 6) is 0.136. The van der Waals surface area contributed by atoms with Gasteiger partial charge in [0.2, 0.25) is 21.8 Å². The van der Waals surface area contributed by atoms with Crippen LogP contribution in [0.3, 0.4) is 0 Å². The van der Waals surface area contributed by atoms with Gasteiger partial charge in [-0.1, -0.05) is 29.8 Å². The number of hydrogen-bond acceptors (Lipinski definition) is 5. The molecule has 2 N–H and O–H groups in total. The highest BCUT2D eigenvalue weighted by atomic mass is 32.2. The van der Waals surface area contributed by atoms with E-state index in [0.29, 0.717) is 24.4 Å². The molecule has 2 aromatic carbocycles. The van der Waals surface area contributed by atoms with E-state index in [1.165, 1.54) is 30.8 Å². The van der Waals surface area contributed by atoms with Gasteiger partial charge in [0.1, 0.15) is 6.04 Å². The Hall–Kier alpha value is -2.36. The third-order valence-electron chi connectivity index (χ3n) is 4.71. The summed E-state index contributed by atoms with van der Waals surface area (Å²) in [5, 5.41) is 2.80. The van der Waals surface area contributed by atoms with Crippen LogP contribution in [0.2, 0.25) is 0 Å². The van der Waals surface area contributed by atoms with Crippen LogP contribution in [0.4, 0.5) is 5.69 Å². The third kappa shape index (κ3) is 7.68. The number of sulfonamides is 1. The fraction of sp³-hybridized carbons (Fsp3) is 0.364. The van der Waals surface area contributed by atoms with Crippen LogP contribution in [0.25, 0.3) is 0 Å².